The van der Waals surface area contributed by atoms with Crippen LogP contribution in [0.15, 0.2) is 18.2 Å². The topological polar surface area (TPSA) is 69.9 Å². The number of benzene rings is 1. The number of amides is 1. The second-order valence-electron chi connectivity index (χ2n) is 6.00. The zero-order valence-electron chi connectivity index (χ0n) is 13.9. The zero-order valence-corrected chi connectivity index (χ0v) is 13.9. The smallest absolute Gasteiger partial charge is 0.360 e. The first-order chi connectivity index (χ1) is 11.6. The van der Waals surface area contributed by atoms with Crippen LogP contribution in [0.3, 0.4) is 0 Å². The van der Waals surface area contributed by atoms with Crippen molar-refractivity contribution in [2.24, 2.45) is 0 Å². The standard InChI is InChI=1S/C15H19F3N4O3/c1-19-5-7-21(8-6-19)14(23)10-20(2)12-4-3-11(15(16,17)18)9-13(12)22(24)25/h3-4,9H,5-8,10H2,1-2H3. The Morgan fingerprint density at radius 3 is 2.40 bits per heavy atom. The Kier molecular flexibility index (Phi) is 5.51. The van der Waals surface area contributed by atoms with Gasteiger partial charge in [0.25, 0.3) is 5.69 Å². The second-order valence-corrected chi connectivity index (χ2v) is 6.00. The Bertz CT molecular complexity index is 658. The van der Waals surface area contributed by atoms with E-state index in [1.807, 2.05) is 7.05 Å². The van der Waals surface area contributed by atoms with Crippen molar-refractivity contribution in [3.63, 3.8) is 0 Å². The number of likely N-dealkylation sites (N-methyl/N-ethyl adjacent to an activating group) is 2. The number of anilines is 1. The molecule has 1 heterocycles. The predicted octanol–water partition coefficient (Wildman–Crippen LogP) is 1.82. The lowest BCUT2D eigenvalue weighted by molar-refractivity contribution is -0.384. The van der Waals surface area contributed by atoms with Crippen molar-refractivity contribution < 1.29 is 22.9 Å². The lowest BCUT2D eigenvalue weighted by Gasteiger charge is -2.33. The zero-order chi connectivity index (χ0) is 18.8. The van der Waals surface area contributed by atoms with Gasteiger partial charge in [0.1, 0.15) is 5.69 Å². The van der Waals surface area contributed by atoms with Crippen LogP contribution >= 0.6 is 0 Å². The molecule has 0 saturated carbocycles. The number of nitro groups is 1. The molecule has 1 aliphatic rings. The molecule has 1 fully saturated rings. The summed E-state index contributed by atoms with van der Waals surface area (Å²) < 4.78 is 38.2. The van der Waals surface area contributed by atoms with Crippen LogP contribution in [0, 0.1) is 10.1 Å². The van der Waals surface area contributed by atoms with E-state index in [0.29, 0.717) is 19.2 Å². The van der Waals surface area contributed by atoms with Crippen molar-refractivity contribution in [1.82, 2.24) is 9.80 Å². The number of halogens is 3. The third-order valence-electron chi connectivity index (χ3n) is 4.14. The number of alkyl halides is 3. The van der Waals surface area contributed by atoms with Crippen LogP contribution in [0.1, 0.15) is 5.56 Å². The third kappa shape index (κ3) is 4.59. The summed E-state index contributed by atoms with van der Waals surface area (Å²) >= 11 is 0. The first-order valence-corrected chi connectivity index (χ1v) is 7.62. The number of carbonyl (C=O) groups excluding carboxylic acids is 1. The maximum atomic E-state index is 12.7. The largest absolute Gasteiger partial charge is 0.416 e. The maximum Gasteiger partial charge on any atom is 0.416 e. The molecular formula is C15H19F3N4O3. The highest BCUT2D eigenvalue weighted by molar-refractivity contribution is 5.82. The molecule has 0 atom stereocenters. The van der Waals surface area contributed by atoms with Gasteiger partial charge in [0.05, 0.1) is 17.0 Å². The molecule has 138 valence electrons. The van der Waals surface area contributed by atoms with Gasteiger partial charge in [-0.25, -0.2) is 0 Å². The van der Waals surface area contributed by atoms with E-state index >= 15 is 0 Å². The highest BCUT2D eigenvalue weighted by Gasteiger charge is 2.33. The van der Waals surface area contributed by atoms with E-state index in [1.165, 1.54) is 11.9 Å². The molecule has 7 nitrogen and oxygen atoms in total. The monoisotopic (exact) mass is 360 g/mol. The lowest BCUT2D eigenvalue weighted by Crippen LogP contribution is -2.49. The summed E-state index contributed by atoms with van der Waals surface area (Å²) in [5, 5.41) is 11.1. The van der Waals surface area contributed by atoms with Crippen LogP contribution in [0.25, 0.3) is 0 Å². The van der Waals surface area contributed by atoms with E-state index in [9.17, 15) is 28.1 Å². The van der Waals surface area contributed by atoms with Crippen LogP contribution in [0.2, 0.25) is 0 Å². The average Bonchev–Trinajstić information content (AvgIpc) is 2.53. The molecule has 0 aromatic heterocycles. The molecule has 1 aromatic rings. The van der Waals surface area contributed by atoms with Crippen molar-refractivity contribution in [2.45, 2.75) is 6.18 Å². The molecule has 1 saturated heterocycles. The van der Waals surface area contributed by atoms with Crippen molar-refractivity contribution in [1.29, 1.82) is 0 Å². The van der Waals surface area contributed by atoms with Crippen LogP contribution in [0.5, 0.6) is 0 Å². The number of nitrogens with zero attached hydrogens (tertiary/aromatic N) is 4. The molecule has 0 radical (unpaired) electrons. The van der Waals surface area contributed by atoms with Gasteiger partial charge in [-0.1, -0.05) is 0 Å². The van der Waals surface area contributed by atoms with Crippen molar-refractivity contribution in [3.8, 4) is 0 Å². The van der Waals surface area contributed by atoms with E-state index in [-0.39, 0.29) is 18.1 Å². The fourth-order valence-corrected chi connectivity index (χ4v) is 2.61. The van der Waals surface area contributed by atoms with E-state index < -0.39 is 22.4 Å². The Balaban J connectivity index is 2.16. The van der Waals surface area contributed by atoms with Gasteiger partial charge in [-0.05, 0) is 19.2 Å². The van der Waals surface area contributed by atoms with Gasteiger partial charge in [-0.2, -0.15) is 13.2 Å². The molecule has 0 N–H and O–H groups in total. The number of rotatable bonds is 4. The van der Waals surface area contributed by atoms with Gasteiger partial charge in [-0.3, -0.25) is 14.9 Å². The number of carbonyl (C=O) groups is 1. The van der Waals surface area contributed by atoms with Gasteiger partial charge in [0.2, 0.25) is 5.91 Å². The molecule has 10 heteroatoms. The molecular weight excluding hydrogens is 341 g/mol. The van der Waals surface area contributed by atoms with E-state index in [0.717, 1.165) is 25.2 Å². The maximum absolute atomic E-state index is 12.7. The number of hydrogen-bond acceptors (Lipinski definition) is 5. The van der Waals surface area contributed by atoms with Crippen LogP contribution in [-0.4, -0.2) is 67.4 Å². The highest BCUT2D eigenvalue weighted by Crippen LogP contribution is 2.36. The number of piperazine rings is 1. The first kappa shape index (κ1) is 19.0. The molecule has 25 heavy (non-hydrogen) atoms. The quantitative estimate of drug-likeness (QED) is 0.605. The minimum absolute atomic E-state index is 0.0273. The molecule has 0 unspecified atom stereocenters. The summed E-state index contributed by atoms with van der Waals surface area (Å²) in [7, 11) is 3.39. The van der Waals surface area contributed by atoms with Crippen LogP contribution in [-0.2, 0) is 11.0 Å². The van der Waals surface area contributed by atoms with Crippen molar-refractivity contribution >= 4 is 17.3 Å². The molecule has 1 amide bonds. The Labute approximate surface area is 142 Å². The van der Waals surface area contributed by atoms with E-state index in [2.05, 4.69) is 4.90 Å². The molecule has 0 spiro atoms. The summed E-state index contributed by atoms with van der Waals surface area (Å²) in [5.41, 5.74) is -1.80. The number of nitro benzene ring substituents is 1. The molecule has 1 aromatic carbocycles. The minimum atomic E-state index is -4.67. The fraction of sp³-hybridized carbons (Fsp3) is 0.533. The van der Waals surface area contributed by atoms with Crippen LogP contribution < -0.4 is 4.90 Å². The summed E-state index contributed by atoms with van der Waals surface area (Å²) in [5.74, 6) is -0.218. The lowest BCUT2D eigenvalue weighted by atomic mass is 10.1. The third-order valence-corrected chi connectivity index (χ3v) is 4.14. The molecule has 0 bridgehead atoms. The molecule has 0 aliphatic carbocycles. The van der Waals surface area contributed by atoms with E-state index in [4.69, 9.17) is 0 Å². The van der Waals surface area contributed by atoms with Gasteiger partial charge < -0.3 is 14.7 Å². The van der Waals surface area contributed by atoms with Crippen molar-refractivity contribution in [2.75, 3.05) is 51.7 Å². The predicted molar refractivity (Wildman–Crippen MR) is 85.4 cm³/mol. The van der Waals surface area contributed by atoms with Gasteiger partial charge in [-0.15, -0.1) is 0 Å². The molecule has 1 aliphatic heterocycles. The van der Waals surface area contributed by atoms with Gasteiger partial charge in [0.15, 0.2) is 0 Å². The highest BCUT2D eigenvalue weighted by atomic mass is 19.4. The van der Waals surface area contributed by atoms with Gasteiger partial charge in [0, 0.05) is 39.3 Å². The summed E-state index contributed by atoms with van der Waals surface area (Å²) in [6.07, 6.45) is -4.67. The number of hydrogen-bond donors (Lipinski definition) is 0. The fourth-order valence-electron chi connectivity index (χ4n) is 2.61. The summed E-state index contributed by atoms with van der Waals surface area (Å²) in [6.45, 7) is 2.43. The summed E-state index contributed by atoms with van der Waals surface area (Å²) in [6, 6.07) is 2.30. The van der Waals surface area contributed by atoms with Crippen LogP contribution in [0.4, 0.5) is 24.5 Å². The summed E-state index contributed by atoms with van der Waals surface area (Å²) in [4.78, 5) is 27.6. The first-order valence-electron chi connectivity index (χ1n) is 7.62. The minimum Gasteiger partial charge on any atom is -0.360 e. The Morgan fingerprint density at radius 2 is 1.88 bits per heavy atom. The average molecular weight is 360 g/mol. The SMILES string of the molecule is CN1CCN(C(=O)CN(C)c2ccc(C(F)(F)F)cc2[N+](=O)[O-])CC1. The Morgan fingerprint density at radius 1 is 1.28 bits per heavy atom. The second kappa shape index (κ2) is 7.26. The normalized spacial score (nSPS) is 16.0. The molecule has 2 rings (SSSR count). The van der Waals surface area contributed by atoms with E-state index in [1.54, 1.807) is 4.90 Å². The van der Waals surface area contributed by atoms with Crippen molar-refractivity contribution in [3.05, 3.63) is 33.9 Å². The Hall–Kier alpha value is -2.36. The van der Waals surface area contributed by atoms with Gasteiger partial charge >= 0.3 is 6.18 Å².